The van der Waals surface area contributed by atoms with E-state index < -0.39 is 19.7 Å². The third-order valence-electron chi connectivity index (χ3n) is 7.68. The number of ether oxygens (including phenoxy) is 2. The summed E-state index contributed by atoms with van der Waals surface area (Å²) in [6.45, 7) is 3.56. The van der Waals surface area contributed by atoms with Crippen molar-refractivity contribution in [3.8, 4) is 22.6 Å². The molecule has 0 amide bonds. The van der Waals surface area contributed by atoms with Gasteiger partial charge in [0.15, 0.2) is 31.3 Å². The van der Waals surface area contributed by atoms with Gasteiger partial charge in [0.25, 0.3) is 0 Å². The van der Waals surface area contributed by atoms with Gasteiger partial charge in [-0.1, -0.05) is 42.5 Å². The topological polar surface area (TPSA) is 173 Å². The fraction of sp³-hybridized carbons (Fsp3) is 0.167. The van der Waals surface area contributed by atoms with Crippen LogP contribution in [0.5, 0.6) is 11.5 Å². The lowest BCUT2D eigenvalue weighted by atomic mass is 10.1. The average molecular weight is 728 g/mol. The minimum absolute atomic E-state index is 0.200. The molecule has 3 N–H and O–H groups in total. The van der Waals surface area contributed by atoms with Crippen LogP contribution in [0.25, 0.3) is 11.1 Å². The highest BCUT2D eigenvalue weighted by Gasteiger charge is 2.21. The van der Waals surface area contributed by atoms with Gasteiger partial charge < -0.3 is 14.8 Å². The van der Waals surface area contributed by atoms with E-state index in [-0.39, 0.29) is 27.4 Å². The largest absolute Gasteiger partial charge is 0.497 e. The predicted octanol–water partition coefficient (Wildman–Crippen LogP) is 6.38. The SMILES string of the molecule is COc1ccc(-c2c(NN=C(C)c3ccc(S(C)(=O)=O)cc3)nc(Nc3ccccc3)nc2NN=C(C)c2ccc(S(C)(=O)=O)cc2)c(OC)c1. The van der Waals surface area contributed by atoms with Gasteiger partial charge >= 0.3 is 0 Å². The number of nitrogens with one attached hydrogen (secondary N) is 3. The number of sulfone groups is 2. The molecule has 4 aromatic carbocycles. The van der Waals surface area contributed by atoms with Gasteiger partial charge in [-0.25, -0.2) is 16.8 Å². The number of hydrogen-bond donors (Lipinski definition) is 3. The van der Waals surface area contributed by atoms with E-state index in [0.717, 1.165) is 18.2 Å². The Kier molecular flexibility index (Phi) is 11.0. The molecule has 0 bridgehead atoms. The Morgan fingerprint density at radius 3 is 1.57 bits per heavy atom. The lowest BCUT2D eigenvalue weighted by Crippen LogP contribution is -2.10. The van der Waals surface area contributed by atoms with Gasteiger partial charge in [0, 0.05) is 29.8 Å². The number of hydrazone groups is 2. The van der Waals surface area contributed by atoms with Crippen LogP contribution in [0.4, 0.5) is 23.3 Å². The van der Waals surface area contributed by atoms with Crippen LogP contribution in [0.15, 0.2) is 117 Å². The summed E-state index contributed by atoms with van der Waals surface area (Å²) in [6, 6.07) is 27.5. The zero-order chi connectivity index (χ0) is 36.8. The first kappa shape index (κ1) is 36.5. The number of hydrogen-bond acceptors (Lipinski definition) is 13. The third-order valence-corrected chi connectivity index (χ3v) is 9.93. The van der Waals surface area contributed by atoms with Gasteiger partial charge in [0.2, 0.25) is 5.95 Å². The molecule has 0 saturated heterocycles. The molecule has 0 radical (unpaired) electrons. The van der Waals surface area contributed by atoms with Crippen LogP contribution in [0, 0.1) is 0 Å². The second-order valence-corrected chi connectivity index (χ2v) is 15.4. The van der Waals surface area contributed by atoms with Gasteiger partial charge in [-0.05, 0) is 73.5 Å². The van der Waals surface area contributed by atoms with Crippen LogP contribution in [-0.2, 0) is 19.7 Å². The van der Waals surface area contributed by atoms with E-state index in [1.807, 2.05) is 30.3 Å². The molecule has 5 aromatic rings. The second kappa shape index (κ2) is 15.4. The maximum Gasteiger partial charge on any atom is 0.231 e. The number of para-hydroxylation sites is 1. The number of rotatable bonds is 13. The van der Waals surface area contributed by atoms with Crippen LogP contribution in [0.2, 0.25) is 0 Å². The maximum atomic E-state index is 12.0. The van der Waals surface area contributed by atoms with Crippen molar-refractivity contribution in [2.75, 3.05) is 42.9 Å². The minimum atomic E-state index is -3.36. The first-order valence-corrected chi connectivity index (χ1v) is 19.2. The zero-order valence-corrected chi connectivity index (χ0v) is 30.4. The normalized spacial score (nSPS) is 12.3. The van der Waals surface area contributed by atoms with Crippen molar-refractivity contribution in [3.05, 3.63) is 108 Å². The standard InChI is InChI=1S/C36H37N7O6S2/c1-23(25-12-17-29(18-13-25)50(5,44)45)40-42-34-33(31-21-16-28(48-3)22-32(31)49-4)35(39-36(38-34)37-27-10-8-7-9-11-27)43-41-24(2)26-14-19-30(20-15-26)51(6,46)47/h7-22H,1-6H3,(H3,37,38,39,42,43). The predicted molar refractivity (Wildman–Crippen MR) is 201 cm³/mol. The molecule has 15 heteroatoms. The number of methoxy groups -OCH3 is 2. The number of nitrogens with zero attached hydrogens (tertiary/aromatic N) is 4. The molecule has 0 unspecified atom stereocenters. The fourth-order valence-corrected chi connectivity index (χ4v) is 6.14. The molecule has 13 nitrogen and oxygen atoms in total. The van der Waals surface area contributed by atoms with E-state index in [1.54, 1.807) is 63.4 Å². The Labute approximate surface area is 297 Å². The first-order valence-electron chi connectivity index (χ1n) is 15.4. The molecule has 264 valence electrons. The molecule has 0 aliphatic carbocycles. The summed E-state index contributed by atoms with van der Waals surface area (Å²) in [5.74, 6) is 1.82. The molecule has 1 heterocycles. The Morgan fingerprint density at radius 2 is 1.14 bits per heavy atom. The van der Waals surface area contributed by atoms with Gasteiger partial charge in [-0.3, -0.25) is 10.9 Å². The summed E-state index contributed by atoms with van der Waals surface area (Å²) >= 11 is 0. The van der Waals surface area contributed by atoms with Crippen molar-refractivity contribution in [3.63, 3.8) is 0 Å². The highest BCUT2D eigenvalue weighted by molar-refractivity contribution is 7.91. The average Bonchev–Trinajstić information content (AvgIpc) is 3.12. The lowest BCUT2D eigenvalue weighted by molar-refractivity contribution is 0.395. The van der Waals surface area contributed by atoms with Gasteiger partial charge in [0.05, 0.1) is 41.0 Å². The monoisotopic (exact) mass is 727 g/mol. The molecule has 0 saturated carbocycles. The summed E-state index contributed by atoms with van der Waals surface area (Å²) in [5.41, 5.74) is 10.5. The van der Waals surface area contributed by atoms with E-state index in [4.69, 9.17) is 19.4 Å². The Hall–Kier alpha value is -5.80. The molecule has 51 heavy (non-hydrogen) atoms. The molecule has 0 aliphatic rings. The summed E-state index contributed by atoms with van der Waals surface area (Å²) in [4.78, 5) is 10.0. The van der Waals surface area contributed by atoms with Crippen molar-refractivity contribution < 1.29 is 26.3 Å². The minimum Gasteiger partial charge on any atom is -0.497 e. The van der Waals surface area contributed by atoms with E-state index >= 15 is 0 Å². The third kappa shape index (κ3) is 9.06. The lowest BCUT2D eigenvalue weighted by Gasteiger charge is -2.18. The molecule has 0 fully saturated rings. The van der Waals surface area contributed by atoms with Crippen LogP contribution < -0.4 is 25.6 Å². The van der Waals surface area contributed by atoms with Crippen LogP contribution >= 0.6 is 0 Å². The summed E-state index contributed by atoms with van der Waals surface area (Å²) in [6.07, 6.45) is 2.31. The second-order valence-electron chi connectivity index (χ2n) is 11.4. The number of anilines is 4. The summed E-state index contributed by atoms with van der Waals surface area (Å²) in [7, 11) is -3.63. The molecule has 1 aromatic heterocycles. The quantitative estimate of drug-likeness (QED) is 0.0907. The van der Waals surface area contributed by atoms with Crippen molar-refractivity contribution in [2.45, 2.75) is 23.6 Å². The molecule has 0 spiro atoms. The maximum absolute atomic E-state index is 12.0. The van der Waals surface area contributed by atoms with Crippen LogP contribution in [0.1, 0.15) is 25.0 Å². The summed E-state index contributed by atoms with van der Waals surface area (Å²) < 4.78 is 59.2. The molecule has 0 aliphatic heterocycles. The van der Waals surface area contributed by atoms with Crippen molar-refractivity contribution in [1.29, 1.82) is 0 Å². The zero-order valence-electron chi connectivity index (χ0n) is 28.8. The van der Waals surface area contributed by atoms with Gasteiger partial charge in [0.1, 0.15) is 11.5 Å². The summed E-state index contributed by atoms with van der Waals surface area (Å²) in [5, 5.41) is 12.5. The highest BCUT2D eigenvalue weighted by atomic mass is 32.2. The smallest absolute Gasteiger partial charge is 0.231 e. The van der Waals surface area contributed by atoms with E-state index in [0.29, 0.717) is 45.2 Å². The van der Waals surface area contributed by atoms with E-state index in [1.165, 1.54) is 31.4 Å². The molecular weight excluding hydrogens is 691 g/mol. The Balaban J connectivity index is 1.65. The highest BCUT2D eigenvalue weighted by Crippen LogP contribution is 2.41. The Morgan fingerprint density at radius 1 is 0.647 bits per heavy atom. The van der Waals surface area contributed by atoms with Crippen molar-refractivity contribution in [2.24, 2.45) is 10.2 Å². The Bertz CT molecular complexity index is 2200. The van der Waals surface area contributed by atoms with Crippen molar-refractivity contribution >= 4 is 54.4 Å². The van der Waals surface area contributed by atoms with Crippen LogP contribution in [-0.4, -0.2) is 65.0 Å². The van der Waals surface area contributed by atoms with E-state index in [2.05, 4.69) is 26.4 Å². The molecular formula is C36H37N7O6S2. The first-order chi connectivity index (χ1) is 24.3. The fourth-order valence-electron chi connectivity index (χ4n) is 4.88. The van der Waals surface area contributed by atoms with Gasteiger partial charge in [-0.15, -0.1) is 0 Å². The van der Waals surface area contributed by atoms with Gasteiger partial charge in [-0.2, -0.15) is 20.2 Å². The number of benzene rings is 4. The van der Waals surface area contributed by atoms with E-state index in [9.17, 15) is 16.8 Å². The van der Waals surface area contributed by atoms with Crippen LogP contribution in [0.3, 0.4) is 0 Å². The number of aromatic nitrogens is 2. The molecule has 0 atom stereocenters. The molecule has 5 rings (SSSR count). The van der Waals surface area contributed by atoms with Crippen molar-refractivity contribution in [1.82, 2.24) is 9.97 Å².